The van der Waals surface area contributed by atoms with E-state index in [0.29, 0.717) is 36.0 Å². The summed E-state index contributed by atoms with van der Waals surface area (Å²) in [5.41, 5.74) is 2.75. The van der Waals surface area contributed by atoms with E-state index in [9.17, 15) is 25.5 Å². The number of aliphatic hydroxyl groups excluding tert-OH is 3. The highest BCUT2D eigenvalue weighted by atomic mass is 79.9. The van der Waals surface area contributed by atoms with E-state index in [1.54, 1.807) is 12.1 Å². The summed E-state index contributed by atoms with van der Waals surface area (Å²) >= 11 is 0. The zero-order valence-corrected chi connectivity index (χ0v) is 31.5. The van der Waals surface area contributed by atoms with Gasteiger partial charge < -0.3 is 61.8 Å². The Balaban J connectivity index is 0.00000504. The Bertz CT molecular complexity index is 1530. The second-order valence-electron chi connectivity index (χ2n) is 15.1. The van der Waals surface area contributed by atoms with Gasteiger partial charge in [0.15, 0.2) is 0 Å². The van der Waals surface area contributed by atoms with Crippen LogP contribution < -0.4 is 27.0 Å². The lowest BCUT2D eigenvalue weighted by molar-refractivity contribution is -0.946. The molecule has 0 radical (unpaired) electrons. The summed E-state index contributed by atoms with van der Waals surface area (Å²) in [5, 5.41) is 55.5. The van der Waals surface area contributed by atoms with Gasteiger partial charge in [0.2, 0.25) is 0 Å². The molecule has 3 heterocycles. The number of nitrogens with zero attached hydrogens (tertiary/aromatic N) is 1. The minimum Gasteiger partial charge on any atom is -1.00 e. The van der Waals surface area contributed by atoms with Crippen molar-refractivity contribution in [3.63, 3.8) is 0 Å². The van der Waals surface area contributed by atoms with Gasteiger partial charge in [-0.15, -0.1) is 0 Å². The van der Waals surface area contributed by atoms with E-state index in [4.69, 9.17) is 9.47 Å². The van der Waals surface area contributed by atoms with Crippen molar-refractivity contribution in [1.29, 1.82) is 0 Å². The first-order valence-electron chi connectivity index (χ1n) is 18.7. The van der Waals surface area contributed by atoms with Crippen molar-refractivity contribution in [1.82, 2.24) is 5.32 Å². The van der Waals surface area contributed by atoms with Crippen molar-refractivity contribution in [2.24, 2.45) is 11.8 Å². The van der Waals surface area contributed by atoms with Gasteiger partial charge in [0, 0.05) is 48.9 Å². The van der Waals surface area contributed by atoms with Crippen molar-refractivity contribution in [3.8, 4) is 11.5 Å². The Kier molecular flexibility index (Phi) is 14.0. The highest BCUT2D eigenvalue weighted by Gasteiger charge is 2.48. The summed E-state index contributed by atoms with van der Waals surface area (Å²) in [4.78, 5) is 0. The summed E-state index contributed by atoms with van der Waals surface area (Å²) in [5.74, 6) is 1.50. The Morgan fingerprint density at radius 2 is 1.59 bits per heavy atom. The molecule has 0 amide bonds. The lowest BCUT2D eigenvalue weighted by atomic mass is 9.80. The van der Waals surface area contributed by atoms with Crippen LogP contribution in [0.15, 0.2) is 66.7 Å². The summed E-state index contributed by atoms with van der Waals surface area (Å²) in [6, 6.07) is 20.7. The molecule has 6 N–H and O–H groups in total. The largest absolute Gasteiger partial charge is 1.00 e. The topological polar surface area (TPSA) is 132 Å². The summed E-state index contributed by atoms with van der Waals surface area (Å²) in [6.45, 7) is 7.14. The average Bonchev–Trinajstić information content (AvgIpc) is 3.72. The van der Waals surface area contributed by atoms with Crippen LogP contribution in [0.3, 0.4) is 0 Å². The molecule has 0 spiro atoms. The Morgan fingerprint density at radius 3 is 2.29 bits per heavy atom. The first-order chi connectivity index (χ1) is 24.2. The van der Waals surface area contributed by atoms with Gasteiger partial charge in [0.05, 0.1) is 52.2 Å². The molecule has 3 saturated heterocycles. The fourth-order valence-corrected chi connectivity index (χ4v) is 8.70. The number of quaternary nitrogens is 1. The van der Waals surface area contributed by atoms with E-state index < -0.39 is 11.7 Å². The number of nitrogens with one attached hydrogen (secondary N) is 1. The number of rotatable bonds is 17. The van der Waals surface area contributed by atoms with Gasteiger partial charge in [-0.1, -0.05) is 55.3 Å². The first kappa shape index (κ1) is 39.7. The van der Waals surface area contributed by atoms with Crippen molar-refractivity contribution in [2.45, 2.75) is 88.9 Å². The third-order valence-electron chi connectivity index (χ3n) is 11.9. The SMILES string of the molecule is C[C@H](NC[C@H](O)c1ccc(O)c(CO)c1)c1ccc(OCCC[N+]23CCC(CC2)[C@@H](OC[C@@](O)(c2ccccc2)C2CCCC2)C3)c(CO)c1.[Br-]. The van der Waals surface area contributed by atoms with Crippen LogP contribution in [0.5, 0.6) is 11.5 Å². The number of halogens is 1. The highest BCUT2D eigenvalue weighted by Crippen LogP contribution is 2.43. The molecule has 3 aromatic carbocycles. The number of ether oxygens (including phenoxy) is 2. The number of aromatic hydroxyl groups is 1. The Morgan fingerprint density at radius 1 is 0.902 bits per heavy atom. The van der Waals surface area contributed by atoms with Crippen LogP contribution >= 0.6 is 0 Å². The minimum absolute atomic E-state index is 0. The van der Waals surface area contributed by atoms with Crippen molar-refractivity contribution in [2.75, 3.05) is 45.9 Å². The molecular formula is C41H57BrN2O7. The predicted molar refractivity (Wildman–Crippen MR) is 192 cm³/mol. The lowest BCUT2D eigenvalue weighted by Gasteiger charge is -2.53. The van der Waals surface area contributed by atoms with E-state index in [1.807, 2.05) is 43.3 Å². The fraction of sp³-hybridized carbons (Fsp3) is 0.561. The molecule has 3 aliphatic heterocycles. The lowest BCUT2D eigenvalue weighted by Crippen LogP contribution is -3.00. The van der Waals surface area contributed by atoms with Crippen molar-refractivity contribution < 1.29 is 56.5 Å². The zero-order valence-electron chi connectivity index (χ0n) is 29.9. The molecule has 3 aromatic rings. The normalized spacial score (nSPS) is 24.1. The van der Waals surface area contributed by atoms with E-state index in [-0.39, 0.29) is 60.6 Å². The number of hydrogen-bond donors (Lipinski definition) is 6. The number of hydrogen-bond acceptors (Lipinski definition) is 8. The monoisotopic (exact) mass is 768 g/mol. The molecule has 51 heavy (non-hydrogen) atoms. The average molecular weight is 770 g/mol. The molecule has 0 aromatic heterocycles. The number of aliphatic hydroxyl groups is 4. The summed E-state index contributed by atoms with van der Waals surface area (Å²) in [7, 11) is 0. The van der Waals surface area contributed by atoms with Crippen molar-refractivity contribution >= 4 is 0 Å². The quantitative estimate of drug-likeness (QED) is 0.0912. The highest BCUT2D eigenvalue weighted by molar-refractivity contribution is 5.39. The molecule has 9 nitrogen and oxygen atoms in total. The Hall–Kier alpha value is -2.54. The number of fused-ring (bicyclic) bond motifs is 3. The van der Waals surface area contributed by atoms with Gasteiger partial charge in [-0.3, -0.25) is 0 Å². The van der Waals surface area contributed by atoms with E-state index in [0.717, 1.165) is 66.4 Å². The summed E-state index contributed by atoms with van der Waals surface area (Å²) in [6.07, 6.45) is 7.05. The molecule has 4 fully saturated rings. The second kappa shape index (κ2) is 18.0. The maximum Gasteiger partial charge on any atom is 0.124 e. The molecule has 10 heteroatoms. The fourth-order valence-electron chi connectivity index (χ4n) is 8.70. The molecule has 0 unspecified atom stereocenters. The van der Waals surface area contributed by atoms with Crippen LogP contribution in [-0.4, -0.2) is 82.1 Å². The molecule has 4 atom stereocenters. The van der Waals surface area contributed by atoms with Gasteiger partial charge in [-0.2, -0.15) is 0 Å². The smallest absolute Gasteiger partial charge is 0.124 e. The molecule has 7 rings (SSSR count). The molecular weight excluding hydrogens is 712 g/mol. The van der Waals surface area contributed by atoms with Gasteiger partial charge in [-0.05, 0) is 66.6 Å². The number of benzene rings is 3. The minimum atomic E-state index is -0.934. The molecule has 1 aliphatic carbocycles. The predicted octanol–water partition coefficient (Wildman–Crippen LogP) is 2.24. The van der Waals surface area contributed by atoms with Gasteiger partial charge in [0.25, 0.3) is 0 Å². The summed E-state index contributed by atoms with van der Waals surface area (Å²) < 4.78 is 14.0. The van der Waals surface area contributed by atoms with Gasteiger partial charge >= 0.3 is 0 Å². The second-order valence-corrected chi connectivity index (χ2v) is 15.1. The third-order valence-corrected chi connectivity index (χ3v) is 11.9. The van der Waals surface area contributed by atoms with E-state index in [2.05, 4.69) is 17.4 Å². The maximum atomic E-state index is 12.0. The Labute approximate surface area is 313 Å². The maximum absolute atomic E-state index is 12.0. The number of phenols is 1. The van der Waals surface area contributed by atoms with Gasteiger partial charge in [0.1, 0.15) is 29.7 Å². The van der Waals surface area contributed by atoms with Crippen LogP contribution in [0.4, 0.5) is 0 Å². The third kappa shape index (κ3) is 9.34. The van der Waals surface area contributed by atoms with Gasteiger partial charge in [-0.25, -0.2) is 0 Å². The van der Waals surface area contributed by atoms with Crippen LogP contribution in [0.25, 0.3) is 0 Å². The molecule has 2 bridgehead atoms. The van der Waals surface area contributed by atoms with Crippen LogP contribution in [0.1, 0.15) is 91.8 Å². The zero-order chi connectivity index (χ0) is 35.1. The molecule has 1 saturated carbocycles. The first-order valence-corrected chi connectivity index (χ1v) is 18.7. The molecule has 4 aliphatic rings. The number of piperidine rings is 3. The van der Waals surface area contributed by atoms with Crippen LogP contribution in [0.2, 0.25) is 0 Å². The van der Waals surface area contributed by atoms with E-state index >= 15 is 0 Å². The van der Waals surface area contributed by atoms with Crippen LogP contribution in [-0.2, 0) is 23.6 Å². The van der Waals surface area contributed by atoms with Crippen molar-refractivity contribution in [3.05, 3.63) is 94.5 Å². The standard InChI is InChI=1S/C41H56N2O7.BrH/c1-29(42-24-38(47)32-12-14-37(46)33(23-32)26-44)31-13-15-39(34(22-31)27-45)49-21-7-18-43-19-16-30(17-20-43)40(25-43)50-28-41(48,36-10-5-6-11-36)35-8-3-2-4-9-35;/h2-4,8-9,12-15,22-23,29-30,36,38,40,42,44-45,47-48H,5-7,10-11,16-21,24-28H2,1H3;1H/t29-,30?,38-,40-,41+,43?;/m0./s1. The van der Waals surface area contributed by atoms with Crippen LogP contribution in [0, 0.1) is 11.8 Å². The van der Waals surface area contributed by atoms with E-state index in [1.165, 1.54) is 32.0 Å². The molecule has 280 valence electrons.